The number of halogens is 2. The molecule has 3 heterocycles. The number of hydrogen-bond acceptors (Lipinski definition) is 6. The van der Waals surface area contributed by atoms with E-state index >= 15 is 0 Å². The van der Waals surface area contributed by atoms with Crippen molar-refractivity contribution in [1.29, 1.82) is 0 Å². The predicted octanol–water partition coefficient (Wildman–Crippen LogP) is 4.36. The lowest BCUT2D eigenvalue weighted by atomic mass is 10.1. The summed E-state index contributed by atoms with van der Waals surface area (Å²) in [6.07, 6.45) is 1.52. The smallest absolute Gasteiger partial charge is 0.270 e. The number of guanidine groups is 1. The van der Waals surface area contributed by atoms with Gasteiger partial charge in [-0.2, -0.15) is 4.98 Å². The van der Waals surface area contributed by atoms with E-state index in [1.54, 1.807) is 18.2 Å². The fourth-order valence-electron chi connectivity index (χ4n) is 3.38. The molecule has 0 saturated heterocycles. The highest BCUT2D eigenvalue weighted by Gasteiger charge is 2.41. The Balaban J connectivity index is 1.59. The average Bonchev–Trinajstić information content (AvgIpc) is 3.20. The highest BCUT2D eigenvalue weighted by Crippen LogP contribution is 2.39. The zero-order valence-electron chi connectivity index (χ0n) is 15.0. The fraction of sp³-hybridized carbons (Fsp3) is 0.100. The van der Waals surface area contributed by atoms with Crippen molar-refractivity contribution in [3.63, 3.8) is 0 Å². The molecule has 0 bridgehead atoms. The molecule has 29 heavy (non-hydrogen) atoms. The summed E-state index contributed by atoms with van der Waals surface area (Å²) in [6.45, 7) is 1.13. The number of nitrogens with one attached hydrogen (secondary N) is 1. The van der Waals surface area contributed by atoms with E-state index in [-0.39, 0.29) is 5.91 Å². The molecular formula is C20H14Cl2N6O. The van der Waals surface area contributed by atoms with E-state index in [0.717, 1.165) is 5.69 Å². The SMILES string of the molecule is O=C1c2cnc(Nc3ccccc3)nc2N2CCN=C2N1c1c(Cl)cccc1Cl. The van der Waals surface area contributed by atoms with Crippen LogP contribution >= 0.6 is 23.2 Å². The normalized spacial score (nSPS) is 15.1. The number of nitrogens with zero attached hydrogens (tertiary/aromatic N) is 5. The average molecular weight is 425 g/mol. The van der Waals surface area contributed by atoms with Crippen LogP contribution in [0.2, 0.25) is 10.0 Å². The molecule has 144 valence electrons. The molecule has 1 amide bonds. The first-order valence-electron chi connectivity index (χ1n) is 8.93. The number of hydrogen-bond donors (Lipinski definition) is 1. The summed E-state index contributed by atoms with van der Waals surface area (Å²) < 4.78 is 0. The van der Waals surface area contributed by atoms with Gasteiger partial charge in [-0.25, -0.2) is 9.88 Å². The van der Waals surface area contributed by atoms with Gasteiger partial charge in [-0.1, -0.05) is 47.5 Å². The van der Waals surface area contributed by atoms with Crippen molar-refractivity contribution >= 4 is 58.2 Å². The third-order valence-corrected chi connectivity index (χ3v) is 5.28. The van der Waals surface area contributed by atoms with Gasteiger partial charge in [0.05, 0.1) is 22.3 Å². The Hall–Kier alpha value is -3.16. The molecule has 2 aliphatic rings. The van der Waals surface area contributed by atoms with Gasteiger partial charge in [0.15, 0.2) is 5.82 Å². The van der Waals surface area contributed by atoms with Crippen molar-refractivity contribution in [1.82, 2.24) is 9.97 Å². The summed E-state index contributed by atoms with van der Waals surface area (Å²) in [6, 6.07) is 14.7. The maximum Gasteiger partial charge on any atom is 0.270 e. The number of para-hydroxylation sites is 2. The standard InChI is InChI=1S/C20H14Cl2N6O/c21-14-7-4-8-15(22)16(14)28-18(29)13-11-24-19(25-12-5-2-1-3-6-12)26-17(13)27-10-9-23-20(27)28/h1-8,11H,9-10H2,(H,24,25,26). The number of fused-ring (bicyclic) bond motifs is 3. The van der Waals surface area contributed by atoms with Gasteiger partial charge in [-0.3, -0.25) is 14.7 Å². The molecule has 0 fully saturated rings. The van der Waals surface area contributed by atoms with Crippen molar-refractivity contribution in [2.45, 2.75) is 0 Å². The third-order valence-electron chi connectivity index (χ3n) is 4.67. The van der Waals surface area contributed by atoms with E-state index < -0.39 is 0 Å². The lowest BCUT2D eigenvalue weighted by Crippen LogP contribution is -2.51. The maximum atomic E-state index is 13.3. The van der Waals surface area contributed by atoms with E-state index in [1.165, 1.54) is 11.1 Å². The minimum absolute atomic E-state index is 0.321. The van der Waals surface area contributed by atoms with Crippen LogP contribution in [-0.2, 0) is 0 Å². The molecule has 3 aromatic rings. The quantitative estimate of drug-likeness (QED) is 0.675. The highest BCUT2D eigenvalue weighted by molar-refractivity contribution is 6.43. The summed E-state index contributed by atoms with van der Waals surface area (Å²) in [4.78, 5) is 30.1. The summed E-state index contributed by atoms with van der Waals surface area (Å²) in [5.74, 6) is 1.05. The Morgan fingerprint density at radius 2 is 1.76 bits per heavy atom. The van der Waals surface area contributed by atoms with Crippen molar-refractivity contribution in [3.05, 3.63) is 70.3 Å². The maximum absolute atomic E-state index is 13.3. The Kier molecular flexibility index (Phi) is 4.34. The van der Waals surface area contributed by atoms with Crippen molar-refractivity contribution < 1.29 is 4.79 Å². The number of carbonyl (C=O) groups excluding carboxylic acids is 1. The van der Waals surface area contributed by atoms with Crippen LogP contribution < -0.4 is 15.1 Å². The first-order valence-corrected chi connectivity index (χ1v) is 9.68. The van der Waals surface area contributed by atoms with Gasteiger partial charge in [0.2, 0.25) is 11.9 Å². The number of amides is 1. The van der Waals surface area contributed by atoms with Crippen LogP contribution in [0.25, 0.3) is 0 Å². The Morgan fingerprint density at radius 1 is 1.00 bits per heavy atom. The largest absolute Gasteiger partial charge is 0.324 e. The first kappa shape index (κ1) is 17.9. The molecule has 1 aromatic heterocycles. The third kappa shape index (κ3) is 2.99. The molecule has 2 aromatic carbocycles. The lowest BCUT2D eigenvalue weighted by Gasteiger charge is -2.35. The van der Waals surface area contributed by atoms with Crippen molar-refractivity contribution in [3.8, 4) is 0 Å². The van der Waals surface area contributed by atoms with Crippen LogP contribution in [-0.4, -0.2) is 34.9 Å². The number of carbonyl (C=O) groups is 1. The summed E-state index contributed by atoms with van der Waals surface area (Å²) in [7, 11) is 0. The molecule has 0 aliphatic carbocycles. The van der Waals surface area contributed by atoms with Crippen LogP contribution in [0.5, 0.6) is 0 Å². The molecule has 1 N–H and O–H groups in total. The lowest BCUT2D eigenvalue weighted by molar-refractivity contribution is 0.1000. The molecule has 7 nitrogen and oxygen atoms in total. The second-order valence-electron chi connectivity index (χ2n) is 6.47. The fourth-order valence-corrected chi connectivity index (χ4v) is 3.95. The molecule has 2 aliphatic heterocycles. The van der Waals surface area contributed by atoms with E-state index in [4.69, 9.17) is 23.2 Å². The van der Waals surface area contributed by atoms with Gasteiger partial charge in [-0.15, -0.1) is 0 Å². The summed E-state index contributed by atoms with van der Waals surface area (Å²) in [5.41, 5.74) is 1.62. The van der Waals surface area contributed by atoms with E-state index in [9.17, 15) is 4.79 Å². The first-order chi connectivity index (χ1) is 14.1. The second-order valence-corrected chi connectivity index (χ2v) is 7.28. The number of anilines is 4. The van der Waals surface area contributed by atoms with Crippen LogP contribution in [0, 0.1) is 0 Å². The van der Waals surface area contributed by atoms with Gasteiger partial charge in [0.25, 0.3) is 5.91 Å². The van der Waals surface area contributed by atoms with Gasteiger partial charge in [-0.05, 0) is 24.3 Å². The molecule has 0 saturated carbocycles. The molecule has 0 unspecified atom stereocenters. The van der Waals surface area contributed by atoms with Crippen LogP contribution in [0.1, 0.15) is 10.4 Å². The van der Waals surface area contributed by atoms with Gasteiger partial charge in [0, 0.05) is 18.4 Å². The van der Waals surface area contributed by atoms with Crippen LogP contribution in [0.15, 0.2) is 59.7 Å². The summed E-state index contributed by atoms with van der Waals surface area (Å²) in [5, 5.41) is 3.89. The van der Waals surface area contributed by atoms with Gasteiger partial charge >= 0.3 is 0 Å². The molecule has 5 rings (SSSR count). The molecule has 0 spiro atoms. The Morgan fingerprint density at radius 3 is 2.52 bits per heavy atom. The minimum Gasteiger partial charge on any atom is -0.324 e. The number of benzene rings is 2. The molecule has 0 atom stereocenters. The minimum atomic E-state index is -0.321. The van der Waals surface area contributed by atoms with Crippen molar-refractivity contribution in [2.75, 3.05) is 28.2 Å². The number of aromatic nitrogens is 2. The molecule has 9 heteroatoms. The Bertz CT molecular complexity index is 1130. The van der Waals surface area contributed by atoms with E-state index in [0.29, 0.717) is 52.1 Å². The van der Waals surface area contributed by atoms with Gasteiger partial charge in [0.1, 0.15) is 5.56 Å². The summed E-state index contributed by atoms with van der Waals surface area (Å²) >= 11 is 12.7. The zero-order valence-corrected chi connectivity index (χ0v) is 16.5. The van der Waals surface area contributed by atoms with E-state index in [1.807, 2.05) is 35.2 Å². The zero-order chi connectivity index (χ0) is 20.0. The molecule has 0 radical (unpaired) electrons. The highest BCUT2D eigenvalue weighted by atomic mass is 35.5. The number of aliphatic imine (C=N–C) groups is 1. The predicted molar refractivity (Wildman–Crippen MR) is 115 cm³/mol. The van der Waals surface area contributed by atoms with Gasteiger partial charge < -0.3 is 5.32 Å². The number of rotatable bonds is 3. The van der Waals surface area contributed by atoms with Crippen LogP contribution in [0.4, 0.5) is 23.1 Å². The monoisotopic (exact) mass is 424 g/mol. The van der Waals surface area contributed by atoms with E-state index in [2.05, 4.69) is 20.3 Å². The van der Waals surface area contributed by atoms with Crippen LogP contribution in [0.3, 0.4) is 0 Å². The second kappa shape index (κ2) is 7.02. The Labute approximate surface area is 176 Å². The van der Waals surface area contributed by atoms with Crippen molar-refractivity contribution in [2.24, 2.45) is 4.99 Å². The topological polar surface area (TPSA) is 73.7 Å². The molecular weight excluding hydrogens is 411 g/mol.